The lowest BCUT2D eigenvalue weighted by molar-refractivity contribution is -0.114. The van der Waals surface area contributed by atoms with Gasteiger partial charge in [-0.15, -0.1) is 0 Å². The van der Waals surface area contributed by atoms with Crippen molar-refractivity contribution in [3.8, 4) is 5.88 Å². The van der Waals surface area contributed by atoms with Gasteiger partial charge < -0.3 is 19.9 Å². The van der Waals surface area contributed by atoms with Crippen molar-refractivity contribution in [2.45, 2.75) is 19.4 Å². The SMILES string of the molecule is CC(=O)Nc1ccc(C(=O)N2CCC(Oc3cncc(N(C)C)n3)C2)cc1. The molecule has 0 bridgehead atoms. The molecule has 0 saturated carbocycles. The minimum atomic E-state index is -0.143. The summed E-state index contributed by atoms with van der Waals surface area (Å²) in [7, 11) is 3.78. The normalized spacial score (nSPS) is 16.1. The number of anilines is 2. The second-order valence-electron chi connectivity index (χ2n) is 6.65. The molecule has 1 aromatic heterocycles. The minimum Gasteiger partial charge on any atom is -0.471 e. The smallest absolute Gasteiger partial charge is 0.253 e. The van der Waals surface area contributed by atoms with Crippen molar-refractivity contribution in [2.75, 3.05) is 37.4 Å². The van der Waals surface area contributed by atoms with Crippen LogP contribution in [-0.4, -0.2) is 60.0 Å². The number of amides is 2. The van der Waals surface area contributed by atoms with E-state index in [1.54, 1.807) is 41.6 Å². The number of likely N-dealkylation sites (tertiary alicyclic amines) is 1. The number of rotatable bonds is 5. The summed E-state index contributed by atoms with van der Waals surface area (Å²) in [6.07, 6.45) is 3.88. The predicted octanol–water partition coefficient (Wildman–Crippen LogP) is 1.79. The average molecular weight is 369 g/mol. The lowest BCUT2D eigenvalue weighted by Gasteiger charge is -2.18. The van der Waals surface area contributed by atoms with Crippen LogP contribution >= 0.6 is 0 Å². The van der Waals surface area contributed by atoms with Gasteiger partial charge in [-0.1, -0.05) is 0 Å². The molecule has 3 rings (SSSR count). The van der Waals surface area contributed by atoms with Gasteiger partial charge in [0.2, 0.25) is 11.8 Å². The van der Waals surface area contributed by atoms with E-state index >= 15 is 0 Å². The maximum Gasteiger partial charge on any atom is 0.253 e. The number of hydrogen-bond donors (Lipinski definition) is 1. The third-order valence-electron chi connectivity index (χ3n) is 4.23. The molecule has 8 nitrogen and oxygen atoms in total. The third-order valence-corrected chi connectivity index (χ3v) is 4.23. The first-order valence-corrected chi connectivity index (χ1v) is 8.75. The molecule has 2 amide bonds. The van der Waals surface area contributed by atoms with Gasteiger partial charge in [-0.2, -0.15) is 4.98 Å². The number of hydrogen-bond acceptors (Lipinski definition) is 6. The van der Waals surface area contributed by atoms with E-state index in [-0.39, 0.29) is 17.9 Å². The summed E-state index contributed by atoms with van der Waals surface area (Å²) in [6.45, 7) is 2.57. The first kappa shape index (κ1) is 18.6. The monoisotopic (exact) mass is 369 g/mol. The molecule has 2 aromatic rings. The Morgan fingerprint density at radius 2 is 1.96 bits per heavy atom. The Bertz CT molecular complexity index is 822. The first-order valence-electron chi connectivity index (χ1n) is 8.75. The van der Waals surface area contributed by atoms with Crippen molar-refractivity contribution in [1.82, 2.24) is 14.9 Å². The molecule has 0 spiro atoms. The lowest BCUT2D eigenvalue weighted by Crippen LogP contribution is -2.31. The van der Waals surface area contributed by atoms with Crippen LogP contribution in [0.1, 0.15) is 23.7 Å². The maximum atomic E-state index is 12.7. The summed E-state index contributed by atoms with van der Waals surface area (Å²) in [5, 5.41) is 2.69. The van der Waals surface area contributed by atoms with Crippen molar-refractivity contribution in [3.63, 3.8) is 0 Å². The Morgan fingerprint density at radius 1 is 1.22 bits per heavy atom. The average Bonchev–Trinajstić information content (AvgIpc) is 3.10. The highest BCUT2D eigenvalue weighted by Gasteiger charge is 2.28. The van der Waals surface area contributed by atoms with Gasteiger partial charge in [0.1, 0.15) is 6.10 Å². The van der Waals surface area contributed by atoms with Crippen LogP contribution in [0.4, 0.5) is 11.5 Å². The highest BCUT2D eigenvalue weighted by Crippen LogP contribution is 2.20. The summed E-state index contributed by atoms with van der Waals surface area (Å²) < 4.78 is 5.90. The molecular formula is C19H23N5O3. The van der Waals surface area contributed by atoms with E-state index in [0.717, 1.165) is 12.2 Å². The van der Waals surface area contributed by atoms with Gasteiger partial charge in [0.25, 0.3) is 5.91 Å². The topological polar surface area (TPSA) is 87.7 Å². The Balaban J connectivity index is 1.59. The van der Waals surface area contributed by atoms with E-state index in [1.165, 1.54) is 6.92 Å². The largest absolute Gasteiger partial charge is 0.471 e. The molecule has 8 heteroatoms. The van der Waals surface area contributed by atoms with Crippen molar-refractivity contribution in [3.05, 3.63) is 42.2 Å². The summed E-state index contributed by atoms with van der Waals surface area (Å²) in [4.78, 5) is 35.9. The molecule has 1 atom stereocenters. The van der Waals surface area contributed by atoms with E-state index in [9.17, 15) is 9.59 Å². The number of nitrogens with one attached hydrogen (secondary N) is 1. The Morgan fingerprint density at radius 3 is 2.63 bits per heavy atom. The second-order valence-corrected chi connectivity index (χ2v) is 6.65. The van der Waals surface area contributed by atoms with Crippen molar-refractivity contribution < 1.29 is 14.3 Å². The number of aromatic nitrogens is 2. The summed E-state index contributed by atoms with van der Waals surface area (Å²) in [5.74, 6) is 0.983. The lowest BCUT2D eigenvalue weighted by atomic mass is 10.2. The fourth-order valence-electron chi connectivity index (χ4n) is 2.87. The van der Waals surface area contributed by atoms with Gasteiger partial charge in [-0.25, -0.2) is 0 Å². The van der Waals surface area contributed by atoms with Crippen LogP contribution in [0.5, 0.6) is 5.88 Å². The predicted molar refractivity (Wildman–Crippen MR) is 102 cm³/mol. The zero-order valence-electron chi connectivity index (χ0n) is 15.7. The molecule has 1 unspecified atom stereocenters. The molecule has 1 saturated heterocycles. The molecule has 1 aliphatic heterocycles. The Kier molecular flexibility index (Phi) is 5.54. The molecule has 142 valence electrons. The quantitative estimate of drug-likeness (QED) is 0.865. The molecule has 1 aromatic carbocycles. The molecule has 0 radical (unpaired) electrons. The standard InChI is InChI=1S/C19H23N5O3/c1-13(25)21-15-6-4-14(5-7-15)19(26)24-9-8-16(12-24)27-18-11-20-10-17(22-18)23(2)3/h4-7,10-11,16H,8-9,12H2,1-3H3,(H,21,25). The molecule has 27 heavy (non-hydrogen) atoms. The zero-order chi connectivity index (χ0) is 19.4. The van der Waals surface area contributed by atoms with Crippen LogP contribution in [0, 0.1) is 0 Å². The third kappa shape index (κ3) is 4.72. The second kappa shape index (κ2) is 8.03. The molecule has 0 aliphatic carbocycles. The molecular weight excluding hydrogens is 346 g/mol. The maximum absolute atomic E-state index is 12.7. The fourth-order valence-corrected chi connectivity index (χ4v) is 2.87. The fraction of sp³-hybridized carbons (Fsp3) is 0.368. The van der Waals surface area contributed by atoms with Crippen LogP contribution in [-0.2, 0) is 4.79 Å². The van der Waals surface area contributed by atoms with Gasteiger partial charge in [-0.3, -0.25) is 14.6 Å². The Labute approximate surface area is 158 Å². The van der Waals surface area contributed by atoms with E-state index < -0.39 is 0 Å². The van der Waals surface area contributed by atoms with E-state index in [0.29, 0.717) is 30.2 Å². The zero-order valence-corrected chi connectivity index (χ0v) is 15.7. The number of carbonyl (C=O) groups is 2. The van der Waals surface area contributed by atoms with Crippen molar-refractivity contribution in [2.24, 2.45) is 0 Å². The van der Waals surface area contributed by atoms with Crippen LogP contribution in [0.2, 0.25) is 0 Å². The van der Waals surface area contributed by atoms with Gasteiger partial charge in [-0.05, 0) is 24.3 Å². The number of nitrogens with zero attached hydrogens (tertiary/aromatic N) is 4. The Hall–Kier alpha value is -3.16. The molecule has 1 aliphatic rings. The van der Waals surface area contributed by atoms with Gasteiger partial charge >= 0.3 is 0 Å². The minimum absolute atomic E-state index is 0.0522. The molecule has 2 heterocycles. The van der Waals surface area contributed by atoms with Crippen LogP contribution in [0.25, 0.3) is 0 Å². The van der Waals surface area contributed by atoms with Crippen LogP contribution < -0.4 is 15.0 Å². The van der Waals surface area contributed by atoms with E-state index in [4.69, 9.17) is 4.74 Å². The summed E-state index contributed by atoms with van der Waals surface area (Å²) in [6, 6.07) is 6.88. The van der Waals surface area contributed by atoms with Gasteiger partial charge in [0, 0.05) is 45.2 Å². The number of carbonyl (C=O) groups excluding carboxylic acids is 2. The highest BCUT2D eigenvalue weighted by atomic mass is 16.5. The van der Waals surface area contributed by atoms with Crippen molar-refractivity contribution >= 4 is 23.3 Å². The first-order chi connectivity index (χ1) is 12.9. The van der Waals surface area contributed by atoms with Crippen LogP contribution in [0.15, 0.2) is 36.7 Å². The van der Waals surface area contributed by atoms with E-state index in [2.05, 4.69) is 15.3 Å². The number of benzene rings is 1. The van der Waals surface area contributed by atoms with Gasteiger partial charge in [0.15, 0.2) is 5.82 Å². The van der Waals surface area contributed by atoms with Gasteiger partial charge in [0.05, 0.1) is 18.9 Å². The molecule has 1 fully saturated rings. The summed E-state index contributed by atoms with van der Waals surface area (Å²) in [5.41, 5.74) is 1.25. The number of ether oxygens (including phenoxy) is 1. The van der Waals surface area contributed by atoms with Crippen molar-refractivity contribution in [1.29, 1.82) is 0 Å². The van der Waals surface area contributed by atoms with Crippen LogP contribution in [0.3, 0.4) is 0 Å². The van der Waals surface area contributed by atoms with E-state index in [1.807, 2.05) is 19.0 Å². The summed E-state index contributed by atoms with van der Waals surface area (Å²) >= 11 is 0. The highest BCUT2D eigenvalue weighted by molar-refractivity contribution is 5.95. The molecule has 1 N–H and O–H groups in total.